The number of hydrogen-bond donors (Lipinski definition) is 0. The minimum absolute atomic E-state index is 0.0253. The molecule has 248 valence electrons. The van der Waals surface area contributed by atoms with E-state index in [9.17, 15) is 23.7 Å². The van der Waals surface area contributed by atoms with Crippen molar-refractivity contribution in [3.8, 4) is 34.6 Å². The van der Waals surface area contributed by atoms with Crippen LogP contribution >= 0.6 is 0 Å². The fourth-order valence-electron chi connectivity index (χ4n) is 7.34. The topological polar surface area (TPSA) is 70.5 Å². The van der Waals surface area contributed by atoms with Crippen molar-refractivity contribution in [2.75, 3.05) is 0 Å². The van der Waals surface area contributed by atoms with Crippen molar-refractivity contribution >= 4 is 60.7 Å². The van der Waals surface area contributed by atoms with Gasteiger partial charge in [0.25, 0.3) is 0 Å². The average molecular weight is 692 g/mol. The van der Waals surface area contributed by atoms with Crippen LogP contribution in [-0.2, 0) is 6.18 Å². The van der Waals surface area contributed by atoms with E-state index in [0.717, 1.165) is 16.8 Å². The molecule has 0 N–H and O–H groups in total. The summed E-state index contributed by atoms with van der Waals surface area (Å²) in [5, 5.41) is 22.6. The second-order valence-electron chi connectivity index (χ2n) is 12.4. The number of rotatable bonds is 3. The fourth-order valence-corrected chi connectivity index (χ4v) is 7.34. The van der Waals surface area contributed by atoms with Gasteiger partial charge in [-0.05, 0) is 72.1 Å². The molecule has 0 radical (unpaired) electrons. The minimum Gasteiger partial charge on any atom is -0.320 e. The van der Waals surface area contributed by atoms with Crippen molar-refractivity contribution in [1.29, 1.82) is 10.5 Å². The number of nitrogens with zero attached hydrogens (tertiary/aromatic N) is 7. The number of alkyl halides is 3. The summed E-state index contributed by atoms with van der Waals surface area (Å²) in [6, 6.07) is 31.8. The van der Waals surface area contributed by atoms with Crippen LogP contribution in [0.2, 0.25) is 0 Å². The number of benzene rings is 6. The molecule has 7 nitrogen and oxygen atoms in total. The largest absolute Gasteiger partial charge is 0.417 e. The van der Waals surface area contributed by atoms with Crippen LogP contribution in [0.5, 0.6) is 0 Å². The van der Waals surface area contributed by atoms with E-state index < -0.39 is 11.7 Å². The van der Waals surface area contributed by atoms with E-state index >= 15 is 0 Å². The first-order valence-electron chi connectivity index (χ1n) is 16.1. The molecule has 0 atom stereocenters. The van der Waals surface area contributed by atoms with Crippen LogP contribution in [0.4, 0.5) is 30.2 Å². The lowest BCUT2D eigenvalue weighted by Crippen LogP contribution is -2.10. The van der Waals surface area contributed by atoms with Gasteiger partial charge >= 0.3 is 6.18 Å². The first-order valence-corrected chi connectivity index (χ1v) is 16.1. The Morgan fingerprint density at radius 2 is 1.11 bits per heavy atom. The van der Waals surface area contributed by atoms with Gasteiger partial charge < -0.3 is 9.13 Å². The van der Waals surface area contributed by atoms with E-state index in [-0.39, 0.29) is 28.2 Å². The van der Waals surface area contributed by atoms with Crippen molar-refractivity contribution in [3.63, 3.8) is 0 Å². The highest BCUT2D eigenvalue weighted by molar-refractivity contribution is 6.14. The summed E-state index contributed by atoms with van der Waals surface area (Å²) in [6.07, 6.45) is -4.75. The van der Waals surface area contributed by atoms with E-state index in [1.807, 2.05) is 0 Å². The lowest BCUT2D eigenvalue weighted by Gasteiger charge is -2.23. The van der Waals surface area contributed by atoms with Gasteiger partial charge in [-0.25, -0.2) is 14.5 Å². The second-order valence-corrected chi connectivity index (χ2v) is 12.4. The zero-order valence-electron chi connectivity index (χ0n) is 27.6. The molecule has 0 fully saturated rings. The van der Waals surface area contributed by atoms with Gasteiger partial charge in [-0.3, -0.25) is 0 Å². The molecule has 8 rings (SSSR count). The van der Waals surface area contributed by atoms with E-state index in [1.165, 1.54) is 6.07 Å². The summed E-state index contributed by atoms with van der Waals surface area (Å²) in [5.74, 6) is 0. The SMILES string of the molecule is [C-]#[N+]c1ccc2c3ccc(C#N)cc3n(-c3ccc(-c4c(C)cccc4C(F)(F)F)c(-n4c5cc(C#N)ccc5c5ccc([N+]#[C-])cc54)c3[N+]#[C-])c2c1. The predicted molar refractivity (Wildman–Crippen MR) is 199 cm³/mol. The third kappa shape index (κ3) is 4.85. The zero-order chi connectivity index (χ0) is 37.2. The standard InChI is InChI=1S/C43H20F3N7/c1-24-6-5-7-34(43(44,45)46)40(24)33-16-17-35(52-36-18-25(22-47)8-12-29(36)31-14-10-27(49-2)20-38(31)52)41(51-4)42(33)53-37-19-26(23-48)9-13-30(37)32-15-11-28(50-3)21-39(32)53/h5-21H,1H3. The van der Waals surface area contributed by atoms with Crippen molar-refractivity contribution in [2.24, 2.45) is 0 Å². The Balaban J connectivity index is 1.64. The van der Waals surface area contributed by atoms with Gasteiger partial charge in [0.05, 0.1) is 71.0 Å². The van der Waals surface area contributed by atoms with Crippen LogP contribution in [0.1, 0.15) is 22.3 Å². The van der Waals surface area contributed by atoms with Gasteiger partial charge in [-0.15, -0.1) is 0 Å². The maximum absolute atomic E-state index is 14.9. The smallest absolute Gasteiger partial charge is 0.320 e. The summed E-state index contributed by atoms with van der Waals surface area (Å²) in [4.78, 5) is 11.3. The molecule has 0 amide bonds. The molecule has 0 aliphatic rings. The van der Waals surface area contributed by atoms with Crippen LogP contribution in [0.25, 0.3) is 80.6 Å². The summed E-state index contributed by atoms with van der Waals surface area (Å²) < 4.78 is 48.1. The normalized spacial score (nSPS) is 11.3. The van der Waals surface area contributed by atoms with Crippen LogP contribution in [0.3, 0.4) is 0 Å². The Hall–Kier alpha value is -7.84. The number of aryl methyl sites for hydroxylation is 1. The fraction of sp³-hybridized carbons (Fsp3) is 0.0465. The Morgan fingerprint density at radius 1 is 0.604 bits per heavy atom. The molecule has 0 unspecified atom stereocenters. The molecule has 0 aliphatic carbocycles. The van der Waals surface area contributed by atoms with Crippen LogP contribution in [-0.4, -0.2) is 9.13 Å². The van der Waals surface area contributed by atoms with Crippen LogP contribution < -0.4 is 0 Å². The monoisotopic (exact) mass is 691 g/mol. The van der Waals surface area contributed by atoms with Gasteiger partial charge in [0.1, 0.15) is 0 Å². The molecule has 0 bridgehead atoms. The highest BCUT2D eigenvalue weighted by Crippen LogP contribution is 2.49. The number of fused-ring (bicyclic) bond motifs is 6. The van der Waals surface area contributed by atoms with Gasteiger partial charge in [0.15, 0.2) is 11.4 Å². The van der Waals surface area contributed by atoms with Crippen molar-refractivity contribution in [3.05, 3.63) is 160 Å². The molecule has 53 heavy (non-hydrogen) atoms. The average Bonchev–Trinajstić information content (AvgIpc) is 3.67. The maximum Gasteiger partial charge on any atom is 0.417 e. The Bertz CT molecular complexity index is 2980. The highest BCUT2D eigenvalue weighted by Gasteiger charge is 2.36. The second kappa shape index (κ2) is 11.9. The Morgan fingerprint density at radius 3 is 1.62 bits per heavy atom. The molecular formula is C43H20F3N7. The van der Waals surface area contributed by atoms with E-state index in [2.05, 4.69) is 26.7 Å². The molecule has 10 heteroatoms. The first kappa shape index (κ1) is 32.4. The Labute approximate surface area is 300 Å². The van der Waals surface area contributed by atoms with Crippen LogP contribution in [0.15, 0.2) is 103 Å². The molecule has 6 aromatic carbocycles. The van der Waals surface area contributed by atoms with Gasteiger partial charge in [-0.1, -0.05) is 54.6 Å². The van der Waals surface area contributed by atoms with Gasteiger partial charge in [0, 0.05) is 32.6 Å². The molecule has 0 saturated carbocycles. The molecule has 0 spiro atoms. The highest BCUT2D eigenvalue weighted by atomic mass is 19.4. The van der Waals surface area contributed by atoms with Crippen molar-refractivity contribution in [1.82, 2.24) is 9.13 Å². The number of nitriles is 2. The molecule has 2 aromatic heterocycles. The summed E-state index contributed by atoms with van der Waals surface area (Å²) in [5.41, 5.74) is 3.07. The van der Waals surface area contributed by atoms with Crippen molar-refractivity contribution < 1.29 is 13.2 Å². The quantitative estimate of drug-likeness (QED) is 0.173. The maximum atomic E-state index is 14.9. The molecule has 0 saturated heterocycles. The molecule has 0 aliphatic heterocycles. The summed E-state index contributed by atoms with van der Waals surface area (Å²) >= 11 is 0. The van der Waals surface area contributed by atoms with E-state index in [0.29, 0.717) is 60.9 Å². The van der Waals surface area contributed by atoms with Crippen molar-refractivity contribution in [2.45, 2.75) is 13.1 Å². The number of hydrogen-bond acceptors (Lipinski definition) is 2. The first-order chi connectivity index (χ1) is 25.6. The van der Waals surface area contributed by atoms with E-state index in [1.54, 1.807) is 107 Å². The molecule has 8 aromatic rings. The lowest BCUT2D eigenvalue weighted by atomic mass is 9.92. The van der Waals surface area contributed by atoms with E-state index in [4.69, 9.17) is 19.7 Å². The summed E-state index contributed by atoms with van der Waals surface area (Å²) in [6.45, 7) is 25.8. The van der Waals surface area contributed by atoms with Gasteiger partial charge in [-0.2, -0.15) is 23.7 Å². The number of halogens is 3. The third-order valence-electron chi connectivity index (χ3n) is 9.57. The molecular weight excluding hydrogens is 672 g/mol. The third-order valence-corrected chi connectivity index (χ3v) is 9.57. The lowest BCUT2D eigenvalue weighted by molar-refractivity contribution is -0.137. The predicted octanol–water partition coefficient (Wildman–Crippen LogP) is 12.3. The Kier molecular flexibility index (Phi) is 7.26. The minimum atomic E-state index is -4.75. The molecule has 2 heterocycles. The van der Waals surface area contributed by atoms with Gasteiger partial charge in [0.2, 0.25) is 5.69 Å². The van der Waals surface area contributed by atoms with Crippen LogP contribution in [0, 0.1) is 49.3 Å². The summed E-state index contributed by atoms with van der Waals surface area (Å²) in [7, 11) is 0. The number of aromatic nitrogens is 2. The zero-order valence-corrected chi connectivity index (χ0v) is 27.6.